The van der Waals surface area contributed by atoms with E-state index in [2.05, 4.69) is 18.2 Å². The molecule has 1 heterocycles. The summed E-state index contributed by atoms with van der Waals surface area (Å²) in [5.74, 6) is 0.767. The Hall–Kier alpha value is -2.74. The van der Waals surface area contributed by atoms with E-state index < -0.39 is 6.02 Å². The number of hydrogen-bond donors (Lipinski definition) is 0. The molecular weight excluding hydrogens is 282 g/mol. The molecule has 0 saturated heterocycles. The number of nitrogens with zero attached hydrogens (tertiary/aromatic N) is 1. The zero-order valence-electron chi connectivity index (χ0n) is 14.3. The zero-order valence-corrected chi connectivity index (χ0v) is 13.3. The van der Waals surface area contributed by atoms with E-state index in [1.807, 2.05) is 66.5 Å². The Kier molecular flexibility index (Phi) is 3.04. The van der Waals surface area contributed by atoms with Crippen molar-refractivity contribution in [1.82, 2.24) is 0 Å². The molecule has 0 amide bonds. The minimum absolute atomic E-state index is 0.767. The van der Waals surface area contributed by atoms with Gasteiger partial charge in [0.05, 0.1) is 14.5 Å². The van der Waals surface area contributed by atoms with E-state index in [9.17, 15) is 1.37 Å². The number of hydrogen-bond acceptors (Lipinski definition) is 2. The van der Waals surface area contributed by atoms with Crippen LogP contribution >= 0.6 is 0 Å². The molecule has 0 radical (unpaired) electrons. The van der Waals surface area contributed by atoms with Gasteiger partial charge >= 0.3 is 0 Å². The van der Waals surface area contributed by atoms with Crippen molar-refractivity contribution in [3.63, 3.8) is 0 Å². The van der Waals surface area contributed by atoms with E-state index in [1.165, 1.54) is 5.56 Å². The number of anilines is 1. The molecule has 23 heavy (non-hydrogen) atoms. The quantitative estimate of drug-likeness (QED) is 0.667. The van der Waals surface area contributed by atoms with Crippen molar-refractivity contribution in [3.8, 4) is 16.9 Å². The molecule has 114 valence electrons. The number of benzene rings is 3. The maximum absolute atomic E-state index is 9.42. The van der Waals surface area contributed by atoms with Crippen LogP contribution in [0.15, 0.2) is 72.8 Å². The van der Waals surface area contributed by atoms with Gasteiger partial charge in [-0.05, 0) is 34.9 Å². The predicted molar refractivity (Wildman–Crippen MR) is 95.1 cm³/mol. The molecule has 0 fully saturated rings. The van der Waals surface area contributed by atoms with Crippen LogP contribution in [0.1, 0.15) is 18.5 Å². The van der Waals surface area contributed by atoms with Crippen LogP contribution in [0.25, 0.3) is 11.1 Å². The molecule has 2 heteroatoms. The van der Waals surface area contributed by atoms with E-state index in [0.717, 1.165) is 28.1 Å². The number of ether oxygens (including phenoxy) is 1. The van der Waals surface area contributed by atoms with Gasteiger partial charge < -0.3 is 9.64 Å². The Morgan fingerprint density at radius 3 is 2.48 bits per heavy atom. The Labute approximate surface area is 138 Å². The van der Waals surface area contributed by atoms with Crippen molar-refractivity contribution in [2.45, 2.75) is 6.02 Å². The summed E-state index contributed by atoms with van der Waals surface area (Å²) < 4.78 is 14.8. The highest BCUT2D eigenvalue weighted by atomic mass is 16.5. The monoisotopic (exact) mass is 302 g/mol. The molecule has 1 aliphatic heterocycles. The smallest absolute Gasteiger partial charge is 0.119 e. The van der Waals surface area contributed by atoms with E-state index >= 15 is 0 Å². The Bertz CT molecular complexity index is 908. The molecule has 2 nitrogen and oxygen atoms in total. The fraction of sp³-hybridized carbons (Fsp3) is 0.143. The topological polar surface area (TPSA) is 12.5 Å². The molecule has 0 saturated carbocycles. The number of methoxy groups -OCH3 is 1. The summed E-state index contributed by atoms with van der Waals surface area (Å²) in [6.07, 6.45) is 0. The predicted octanol–water partition coefficient (Wildman–Crippen LogP) is 4.90. The maximum atomic E-state index is 9.42. The van der Waals surface area contributed by atoms with Gasteiger partial charge in [0.2, 0.25) is 0 Å². The van der Waals surface area contributed by atoms with Crippen molar-refractivity contribution in [2.24, 2.45) is 0 Å². The van der Waals surface area contributed by atoms with Gasteiger partial charge in [-0.15, -0.1) is 0 Å². The van der Waals surface area contributed by atoms with Crippen molar-refractivity contribution in [2.75, 3.05) is 19.1 Å². The molecule has 0 aromatic heterocycles. The first-order valence-corrected chi connectivity index (χ1v) is 7.73. The SMILES string of the molecule is [2H]C1(c2cccc(OC)c2)c2ccccc2-c2ccccc2N1C. The van der Waals surface area contributed by atoms with Gasteiger partial charge in [-0.25, -0.2) is 0 Å². The molecule has 3 aromatic rings. The average molecular weight is 302 g/mol. The lowest BCUT2D eigenvalue weighted by Crippen LogP contribution is -2.29. The lowest BCUT2D eigenvalue weighted by atomic mass is 9.85. The van der Waals surface area contributed by atoms with E-state index in [4.69, 9.17) is 4.74 Å². The minimum Gasteiger partial charge on any atom is -0.497 e. The third-order valence-electron chi connectivity index (χ3n) is 4.42. The number of fused-ring (bicyclic) bond motifs is 3. The lowest BCUT2D eigenvalue weighted by Gasteiger charge is -2.38. The van der Waals surface area contributed by atoms with Crippen LogP contribution in [0.4, 0.5) is 5.69 Å². The molecule has 4 rings (SSSR count). The fourth-order valence-electron chi connectivity index (χ4n) is 3.34. The molecule has 0 spiro atoms. The second kappa shape index (κ2) is 5.47. The maximum Gasteiger partial charge on any atom is 0.119 e. The van der Waals surface area contributed by atoms with E-state index in [1.54, 1.807) is 7.11 Å². The summed E-state index contributed by atoms with van der Waals surface area (Å²) in [6.45, 7) is 0. The lowest BCUT2D eigenvalue weighted by molar-refractivity contribution is 0.414. The number of rotatable bonds is 2. The summed E-state index contributed by atoms with van der Waals surface area (Å²) in [4.78, 5) is 2.04. The van der Waals surface area contributed by atoms with E-state index in [-0.39, 0.29) is 0 Å². The normalized spacial score (nSPS) is 19.6. The standard InChI is InChI=1S/C21H19NO/c1-22-20-13-6-5-11-18(20)17-10-3-4-12-19(17)21(22)15-8-7-9-16(14-15)23-2/h3-14,21H,1-2H3/i21D. The average Bonchev–Trinajstić information content (AvgIpc) is 2.66. The second-order valence-corrected chi connectivity index (χ2v) is 5.70. The minimum atomic E-state index is -1.00. The van der Waals surface area contributed by atoms with Crippen LogP contribution in [0, 0.1) is 0 Å². The van der Waals surface area contributed by atoms with Crippen LogP contribution in [0.3, 0.4) is 0 Å². The van der Waals surface area contributed by atoms with Crippen molar-refractivity contribution >= 4 is 5.69 Å². The fourth-order valence-corrected chi connectivity index (χ4v) is 3.34. The van der Waals surface area contributed by atoms with Gasteiger partial charge in [-0.1, -0.05) is 54.6 Å². The highest BCUT2D eigenvalue weighted by Crippen LogP contribution is 2.46. The van der Waals surface area contributed by atoms with Crippen molar-refractivity contribution in [1.29, 1.82) is 0 Å². The van der Waals surface area contributed by atoms with Crippen LogP contribution < -0.4 is 9.64 Å². The van der Waals surface area contributed by atoms with Crippen LogP contribution in [-0.4, -0.2) is 14.2 Å². The van der Waals surface area contributed by atoms with Crippen LogP contribution in [-0.2, 0) is 0 Å². The Balaban J connectivity index is 2.02. The third-order valence-corrected chi connectivity index (χ3v) is 4.42. The summed E-state index contributed by atoms with van der Waals surface area (Å²) >= 11 is 0. The Morgan fingerprint density at radius 2 is 1.65 bits per heavy atom. The summed E-state index contributed by atoms with van der Waals surface area (Å²) in [5.41, 5.74) is 5.23. The van der Waals surface area contributed by atoms with Crippen LogP contribution in [0.2, 0.25) is 0 Å². The molecule has 0 bridgehead atoms. The third kappa shape index (κ3) is 2.18. The molecule has 1 aliphatic rings. The van der Waals surface area contributed by atoms with Crippen LogP contribution in [0.5, 0.6) is 5.75 Å². The zero-order chi connectivity index (χ0) is 16.7. The van der Waals surface area contributed by atoms with Crippen molar-refractivity contribution < 1.29 is 6.11 Å². The molecule has 1 unspecified atom stereocenters. The van der Waals surface area contributed by atoms with Gasteiger partial charge in [0.15, 0.2) is 0 Å². The molecule has 0 aliphatic carbocycles. The molecule has 0 N–H and O–H groups in total. The summed E-state index contributed by atoms with van der Waals surface area (Å²) in [5, 5.41) is 0. The summed E-state index contributed by atoms with van der Waals surface area (Å²) in [6, 6.07) is 23.3. The summed E-state index contributed by atoms with van der Waals surface area (Å²) in [7, 11) is 3.64. The molecule has 1 atom stereocenters. The number of para-hydroxylation sites is 1. The van der Waals surface area contributed by atoms with Gasteiger partial charge in [-0.3, -0.25) is 0 Å². The first-order valence-electron chi connectivity index (χ1n) is 8.23. The first kappa shape index (κ1) is 12.8. The van der Waals surface area contributed by atoms with Gasteiger partial charge in [-0.2, -0.15) is 0 Å². The van der Waals surface area contributed by atoms with Gasteiger partial charge in [0, 0.05) is 18.3 Å². The van der Waals surface area contributed by atoms with Gasteiger partial charge in [0.25, 0.3) is 0 Å². The highest BCUT2D eigenvalue weighted by molar-refractivity contribution is 5.85. The molecular formula is C21H19NO. The van der Waals surface area contributed by atoms with Gasteiger partial charge in [0.1, 0.15) is 5.75 Å². The first-order chi connectivity index (χ1) is 11.7. The Morgan fingerprint density at radius 1 is 0.913 bits per heavy atom. The largest absolute Gasteiger partial charge is 0.497 e. The molecule has 3 aromatic carbocycles. The van der Waals surface area contributed by atoms with Crippen molar-refractivity contribution in [3.05, 3.63) is 83.9 Å². The van der Waals surface area contributed by atoms with E-state index in [0.29, 0.717) is 0 Å². The second-order valence-electron chi connectivity index (χ2n) is 5.70. The highest BCUT2D eigenvalue weighted by Gasteiger charge is 2.29.